The molecule has 2 amide bonds. The zero-order valence-corrected chi connectivity index (χ0v) is 13.5. The van der Waals surface area contributed by atoms with E-state index in [2.05, 4.69) is 5.32 Å². The molecular formula is C15H20N2O4S. The van der Waals surface area contributed by atoms with E-state index < -0.39 is 17.7 Å². The standard InChI is InChI=1S/C15H20N2O4S/c1-15(2)14(20)12(17-6-4-3-5-11(17)19)13-9(21-15)7-10(22-13)16-8-18/h7-8,12,14,20H,3-6H2,1-2H3,(H,16,18)/t12-,14+/m0/s1. The Kier molecular flexibility index (Phi) is 3.86. The normalized spacial score (nSPS) is 27.0. The van der Waals surface area contributed by atoms with E-state index in [1.807, 2.05) is 13.8 Å². The third kappa shape index (κ3) is 2.48. The lowest BCUT2D eigenvalue weighted by atomic mass is 9.88. The zero-order valence-electron chi connectivity index (χ0n) is 12.7. The van der Waals surface area contributed by atoms with Crippen molar-refractivity contribution >= 4 is 28.7 Å². The Morgan fingerprint density at radius 3 is 2.95 bits per heavy atom. The van der Waals surface area contributed by atoms with Crippen LogP contribution in [0.15, 0.2) is 6.07 Å². The largest absolute Gasteiger partial charge is 0.484 e. The second-order valence-electron chi connectivity index (χ2n) is 6.24. The quantitative estimate of drug-likeness (QED) is 0.833. The molecule has 0 saturated carbocycles. The fraction of sp³-hybridized carbons (Fsp3) is 0.600. The maximum atomic E-state index is 12.3. The molecule has 0 aliphatic carbocycles. The van der Waals surface area contributed by atoms with E-state index >= 15 is 0 Å². The zero-order chi connectivity index (χ0) is 15.9. The summed E-state index contributed by atoms with van der Waals surface area (Å²) >= 11 is 1.35. The number of ether oxygens (including phenoxy) is 1. The number of thiophene rings is 1. The van der Waals surface area contributed by atoms with E-state index in [0.29, 0.717) is 30.1 Å². The first kappa shape index (κ1) is 15.3. The van der Waals surface area contributed by atoms with Gasteiger partial charge in [0.15, 0.2) is 0 Å². The fourth-order valence-corrected chi connectivity index (χ4v) is 4.19. The second-order valence-corrected chi connectivity index (χ2v) is 7.32. The van der Waals surface area contributed by atoms with Crippen LogP contribution in [0.1, 0.15) is 44.0 Å². The highest BCUT2D eigenvalue weighted by atomic mass is 32.1. The van der Waals surface area contributed by atoms with Gasteiger partial charge in [0.2, 0.25) is 12.3 Å². The molecular weight excluding hydrogens is 304 g/mol. The molecule has 2 aliphatic rings. The van der Waals surface area contributed by atoms with Crippen LogP contribution in [0, 0.1) is 0 Å². The summed E-state index contributed by atoms with van der Waals surface area (Å²) in [7, 11) is 0. The average Bonchev–Trinajstić information content (AvgIpc) is 2.83. The summed E-state index contributed by atoms with van der Waals surface area (Å²) in [5.41, 5.74) is -0.797. The third-order valence-corrected chi connectivity index (χ3v) is 5.39. The number of carbonyl (C=O) groups is 2. The molecule has 3 rings (SSSR count). The Hall–Kier alpha value is -1.60. The molecule has 0 spiro atoms. The molecule has 2 N–H and O–H groups in total. The van der Waals surface area contributed by atoms with Crippen LogP contribution in [0.5, 0.6) is 5.75 Å². The summed E-state index contributed by atoms with van der Waals surface area (Å²) < 4.78 is 5.88. The van der Waals surface area contributed by atoms with Gasteiger partial charge in [0.1, 0.15) is 17.5 Å². The Morgan fingerprint density at radius 1 is 1.50 bits per heavy atom. The van der Waals surface area contributed by atoms with Crippen molar-refractivity contribution in [2.75, 3.05) is 11.9 Å². The summed E-state index contributed by atoms with van der Waals surface area (Å²) in [6, 6.07) is 1.34. The number of amides is 2. The number of piperidine rings is 1. The Balaban J connectivity index is 2.03. The highest BCUT2D eigenvalue weighted by Gasteiger charge is 2.48. The minimum absolute atomic E-state index is 0.0669. The number of fused-ring (bicyclic) bond motifs is 1. The molecule has 1 aromatic rings. The number of nitrogens with one attached hydrogen (secondary N) is 1. The smallest absolute Gasteiger partial charge is 0.223 e. The van der Waals surface area contributed by atoms with Crippen molar-refractivity contribution < 1.29 is 19.4 Å². The van der Waals surface area contributed by atoms with Crippen LogP contribution in [0.3, 0.4) is 0 Å². The van der Waals surface area contributed by atoms with E-state index in [1.54, 1.807) is 11.0 Å². The van der Waals surface area contributed by atoms with E-state index in [0.717, 1.165) is 17.7 Å². The van der Waals surface area contributed by atoms with Gasteiger partial charge in [-0.25, -0.2) is 0 Å². The van der Waals surface area contributed by atoms with Gasteiger partial charge in [-0.05, 0) is 26.7 Å². The lowest BCUT2D eigenvalue weighted by Crippen LogP contribution is -2.55. The highest BCUT2D eigenvalue weighted by Crippen LogP contribution is 2.49. The van der Waals surface area contributed by atoms with Crippen LogP contribution >= 0.6 is 11.3 Å². The van der Waals surface area contributed by atoms with Crippen molar-refractivity contribution in [1.29, 1.82) is 0 Å². The molecule has 22 heavy (non-hydrogen) atoms. The second kappa shape index (κ2) is 5.55. The number of likely N-dealkylation sites (tertiary alicyclic amines) is 1. The number of hydrogen-bond acceptors (Lipinski definition) is 5. The van der Waals surface area contributed by atoms with Gasteiger partial charge < -0.3 is 20.1 Å². The lowest BCUT2D eigenvalue weighted by Gasteiger charge is -2.46. The van der Waals surface area contributed by atoms with Crippen LogP contribution in [-0.2, 0) is 9.59 Å². The fourth-order valence-electron chi connectivity index (χ4n) is 3.10. The first-order chi connectivity index (χ1) is 10.4. The summed E-state index contributed by atoms with van der Waals surface area (Å²) in [5, 5.41) is 14.0. The van der Waals surface area contributed by atoms with Gasteiger partial charge in [-0.1, -0.05) is 0 Å². The van der Waals surface area contributed by atoms with Crippen molar-refractivity contribution in [2.24, 2.45) is 0 Å². The third-order valence-electron chi connectivity index (χ3n) is 4.27. The van der Waals surface area contributed by atoms with Gasteiger partial charge in [-0.3, -0.25) is 9.59 Å². The van der Waals surface area contributed by atoms with Crippen molar-refractivity contribution in [1.82, 2.24) is 4.90 Å². The topological polar surface area (TPSA) is 78.9 Å². The van der Waals surface area contributed by atoms with Crippen LogP contribution in [0.4, 0.5) is 5.00 Å². The first-order valence-corrected chi connectivity index (χ1v) is 8.26. The molecule has 0 radical (unpaired) electrons. The van der Waals surface area contributed by atoms with Crippen molar-refractivity contribution in [3.05, 3.63) is 10.9 Å². The maximum Gasteiger partial charge on any atom is 0.223 e. The van der Waals surface area contributed by atoms with Gasteiger partial charge in [0, 0.05) is 19.0 Å². The summed E-state index contributed by atoms with van der Waals surface area (Å²) in [4.78, 5) is 25.5. The molecule has 7 heteroatoms. The monoisotopic (exact) mass is 324 g/mol. The molecule has 1 fully saturated rings. The minimum Gasteiger partial charge on any atom is -0.484 e. The van der Waals surface area contributed by atoms with Gasteiger partial charge in [0.25, 0.3) is 0 Å². The van der Waals surface area contributed by atoms with E-state index in [1.165, 1.54) is 11.3 Å². The van der Waals surface area contributed by atoms with E-state index in [4.69, 9.17) is 4.74 Å². The van der Waals surface area contributed by atoms with Crippen molar-refractivity contribution in [3.8, 4) is 5.75 Å². The Bertz CT molecular complexity index is 598. The molecule has 2 atom stereocenters. The van der Waals surface area contributed by atoms with Gasteiger partial charge in [-0.2, -0.15) is 0 Å². The van der Waals surface area contributed by atoms with Crippen LogP contribution in [0.25, 0.3) is 0 Å². The molecule has 120 valence electrons. The summed E-state index contributed by atoms with van der Waals surface area (Å²) in [6.07, 6.45) is 2.15. The summed E-state index contributed by atoms with van der Waals surface area (Å²) in [6.45, 7) is 4.27. The van der Waals surface area contributed by atoms with Crippen molar-refractivity contribution in [3.63, 3.8) is 0 Å². The number of aliphatic hydroxyl groups excluding tert-OH is 1. The molecule has 0 aromatic carbocycles. The van der Waals surface area contributed by atoms with Crippen LogP contribution < -0.4 is 10.1 Å². The maximum absolute atomic E-state index is 12.3. The van der Waals surface area contributed by atoms with Crippen LogP contribution in [-0.4, -0.2) is 40.6 Å². The first-order valence-electron chi connectivity index (χ1n) is 7.44. The Morgan fingerprint density at radius 2 is 2.27 bits per heavy atom. The predicted octanol–water partition coefficient (Wildman–Crippen LogP) is 1.90. The average molecular weight is 324 g/mol. The Labute approximate surface area is 133 Å². The number of rotatable bonds is 3. The molecule has 1 aromatic heterocycles. The number of aliphatic hydroxyl groups is 1. The number of nitrogens with zero attached hydrogens (tertiary/aromatic N) is 1. The SMILES string of the molecule is CC1(C)Oc2cc(NC=O)sc2[C@H](N2CCCCC2=O)[C@H]1O. The van der Waals surface area contributed by atoms with Gasteiger partial charge in [-0.15, -0.1) is 11.3 Å². The van der Waals surface area contributed by atoms with Gasteiger partial charge in [0.05, 0.1) is 15.9 Å². The molecule has 3 heterocycles. The molecule has 1 saturated heterocycles. The molecule has 0 unspecified atom stereocenters. The molecule has 0 bridgehead atoms. The van der Waals surface area contributed by atoms with E-state index in [9.17, 15) is 14.7 Å². The predicted molar refractivity (Wildman–Crippen MR) is 83.0 cm³/mol. The van der Waals surface area contributed by atoms with Gasteiger partial charge >= 0.3 is 0 Å². The number of hydrogen-bond donors (Lipinski definition) is 2. The minimum atomic E-state index is -0.815. The molecule has 6 nitrogen and oxygen atoms in total. The highest BCUT2D eigenvalue weighted by molar-refractivity contribution is 7.16. The summed E-state index contributed by atoms with van der Waals surface area (Å²) in [5.74, 6) is 0.699. The number of carbonyl (C=O) groups excluding carboxylic acids is 2. The lowest BCUT2D eigenvalue weighted by molar-refractivity contribution is -0.146. The van der Waals surface area contributed by atoms with Crippen LogP contribution in [0.2, 0.25) is 0 Å². The number of anilines is 1. The van der Waals surface area contributed by atoms with E-state index in [-0.39, 0.29) is 5.91 Å². The molecule has 2 aliphatic heterocycles. The van der Waals surface area contributed by atoms with Crippen molar-refractivity contribution in [2.45, 2.75) is 50.9 Å².